The van der Waals surface area contributed by atoms with Gasteiger partial charge in [-0.05, 0) is 49.1 Å². The second-order valence-electron chi connectivity index (χ2n) is 5.95. The smallest absolute Gasteiger partial charge is 0.257 e. The molecule has 0 radical (unpaired) electrons. The van der Waals surface area contributed by atoms with Gasteiger partial charge in [0.1, 0.15) is 0 Å². The quantitative estimate of drug-likeness (QED) is 0.831. The Balaban J connectivity index is 1.68. The molecule has 3 rings (SSSR count). The van der Waals surface area contributed by atoms with E-state index in [2.05, 4.69) is 16.9 Å². The first-order valence-corrected chi connectivity index (χ1v) is 7.91. The first-order valence-electron chi connectivity index (χ1n) is 7.91. The molecule has 1 aliphatic carbocycles. The fourth-order valence-corrected chi connectivity index (χ4v) is 2.43. The van der Waals surface area contributed by atoms with Crippen molar-refractivity contribution in [1.82, 2.24) is 9.55 Å². The topological polar surface area (TPSA) is 67.2 Å². The molecule has 1 aliphatic rings. The summed E-state index contributed by atoms with van der Waals surface area (Å²) in [6.07, 6.45) is 7.30. The third kappa shape index (κ3) is 3.53. The van der Waals surface area contributed by atoms with Crippen molar-refractivity contribution in [2.45, 2.75) is 19.4 Å². The van der Waals surface area contributed by atoms with E-state index in [0.29, 0.717) is 23.1 Å². The number of aromatic nitrogens is 2. The first kappa shape index (κ1) is 16.0. The lowest BCUT2D eigenvalue weighted by Crippen LogP contribution is -2.23. The lowest BCUT2D eigenvalue weighted by Gasteiger charge is -2.15. The van der Waals surface area contributed by atoms with E-state index in [1.807, 2.05) is 10.8 Å². The number of benzene rings is 1. The second-order valence-corrected chi connectivity index (χ2v) is 5.95. The van der Waals surface area contributed by atoms with Gasteiger partial charge in [0.25, 0.3) is 5.91 Å². The summed E-state index contributed by atoms with van der Waals surface area (Å²) in [7, 11) is 1.66. The lowest BCUT2D eigenvalue weighted by molar-refractivity contribution is -0.113. The second kappa shape index (κ2) is 6.70. The number of carbonyl (C=O) groups is 2. The highest BCUT2D eigenvalue weighted by atomic mass is 16.2. The lowest BCUT2D eigenvalue weighted by atomic mass is 10.2. The van der Waals surface area contributed by atoms with Crippen molar-refractivity contribution in [3.05, 3.63) is 54.9 Å². The summed E-state index contributed by atoms with van der Waals surface area (Å²) in [5.74, 6) is 0.846. The third-order valence-electron chi connectivity index (χ3n) is 4.11. The zero-order valence-electron chi connectivity index (χ0n) is 13.6. The molecule has 0 spiro atoms. The van der Waals surface area contributed by atoms with Crippen LogP contribution in [0, 0.1) is 5.92 Å². The Morgan fingerprint density at radius 1 is 1.38 bits per heavy atom. The number of hydrogen-bond acceptors (Lipinski definition) is 3. The van der Waals surface area contributed by atoms with Crippen molar-refractivity contribution >= 4 is 23.5 Å². The van der Waals surface area contributed by atoms with Crippen molar-refractivity contribution in [3.8, 4) is 0 Å². The zero-order chi connectivity index (χ0) is 17.1. The Bertz CT molecular complexity index is 760. The fraction of sp³-hybridized carbons (Fsp3) is 0.278. The van der Waals surface area contributed by atoms with Crippen molar-refractivity contribution in [3.63, 3.8) is 0 Å². The molecule has 24 heavy (non-hydrogen) atoms. The standard InChI is InChI=1S/C18H20N4O2/c1-3-16(23)21(2)15-8-6-14(7-9-15)17(24)20-18-19-10-11-22(18)12-13-4-5-13/h3,6-11,13H,1,4-5,12H2,2H3,(H,19,20,24). The van der Waals surface area contributed by atoms with Crippen LogP contribution in [0.1, 0.15) is 23.2 Å². The molecule has 0 saturated heterocycles. The number of nitrogens with one attached hydrogen (secondary N) is 1. The molecule has 0 bridgehead atoms. The van der Waals surface area contributed by atoms with Crippen LogP contribution in [0.3, 0.4) is 0 Å². The van der Waals surface area contributed by atoms with Crippen LogP contribution in [0.2, 0.25) is 0 Å². The van der Waals surface area contributed by atoms with Crippen LogP contribution in [-0.2, 0) is 11.3 Å². The highest BCUT2D eigenvalue weighted by molar-refractivity contribution is 6.04. The third-order valence-corrected chi connectivity index (χ3v) is 4.11. The molecule has 1 fully saturated rings. The molecular weight excluding hydrogens is 304 g/mol. The molecule has 2 amide bonds. The van der Waals surface area contributed by atoms with Crippen molar-refractivity contribution in [2.24, 2.45) is 5.92 Å². The van der Waals surface area contributed by atoms with Gasteiger partial charge in [0.2, 0.25) is 11.9 Å². The monoisotopic (exact) mass is 324 g/mol. The molecule has 1 heterocycles. The number of likely N-dealkylation sites (N-methyl/N-ethyl adjacent to an activating group) is 1. The minimum Gasteiger partial charge on any atom is -0.317 e. The van der Waals surface area contributed by atoms with E-state index in [1.54, 1.807) is 37.5 Å². The molecule has 1 N–H and O–H groups in total. The maximum atomic E-state index is 12.4. The zero-order valence-corrected chi connectivity index (χ0v) is 13.6. The van der Waals surface area contributed by atoms with Crippen LogP contribution in [0.25, 0.3) is 0 Å². The van der Waals surface area contributed by atoms with Gasteiger partial charge in [0.15, 0.2) is 0 Å². The van der Waals surface area contributed by atoms with E-state index < -0.39 is 0 Å². The highest BCUT2D eigenvalue weighted by Crippen LogP contribution is 2.31. The number of rotatable bonds is 6. The van der Waals surface area contributed by atoms with Gasteiger partial charge in [-0.1, -0.05) is 6.58 Å². The van der Waals surface area contributed by atoms with E-state index in [4.69, 9.17) is 0 Å². The van der Waals surface area contributed by atoms with Crippen LogP contribution in [0.4, 0.5) is 11.6 Å². The van der Waals surface area contributed by atoms with Gasteiger partial charge in [-0.2, -0.15) is 0 Å². The summed E-state index contributed by atoms with van der Waals surface area (Å²) < 4.78 is 1.97. The minimum atomic E-state index is -0.220. The summed E-state index contributed by atoms with van der Waals surface area (Å²) >= 11 is 0. The van der Waals surface area contributed by atoms with E-state index >= 15 is 0 Å². The van der Waals surface area contributed by atoms with Gasteiger partial charge in [0.05, 0.1) is 0 Å². The summed E-state index contributed by atoms with van der Waals surface area (Å²) in [5.41, 5.74) is 1.21. The predicted molar refractivity (Wildman–Crippen MR) is 93.0 cm³/mol. The molecule has 6 nitrogen and oxygen atoms in total. The van der Waals surface area contributed by atoms with Crippen molar-refractivity contribution < 1.29 is 9.59 Å². The van der Waals surface area contributed by atoms with Gasteiger partial charge in [-0.3, -0.25) is 14.9 Å². The predicted octanol–water partition coefficient (Wildman–Crippen LogP) is 2.69. The van der Waals surface area contributed by atoms with Crippen LogP contribution < -0.4 is 10.2 Å². The molecule has 124 valence electrons. The SMILES string of the molecule is C=CC(=O)N(C)c1ccc(C(=O)Nc2nccn2CC2CC2)cc1. The molecule has 6 heteroatoms. The molecular formula is C18H20N4O2. The van der Waals surface area contributed by atoms with Crippen molar-refractivity contribution in [1.29, 1.82) is 0 Å². The molecule has 2 aromatic rings. The Kier molecular flexibility index (Phi) is 4.46. The van der Waals surface area contributed by atoms with Crippen LogP contribution in [0.5, 0.6) is 0 Å². The molecule has 0 aliphatic heterocycles. The number of imidazole rings is 1. The van der Waals surface area contributed by atoms with Gasteiger partial charge >= 0.3 is 0 Å². The number of nitrogens with zero attached hydrogens (tertiary/aromatic N) is 3. The Hall–Kier alpha value is -2.89. The van der Waals surface area contributed by atoms with Gasteiger partial charge < -0.3 is 9.47 Å². The summed E-state index contributed by atoms with van der Waals surface area (Å²) in [6, 6.07) is 6.83. The summed E-state index contributed by atoms with van der Waals surface area (Å²) in [4.78, 5) is 29.6. The molecule has 0 atom stereocenters. The maximum absolute atomic E-state index is 12.4. The average molecular weight is 324 g/mol. The van der Waals surface area contributed by atoms with Crippen molar-refractivity contribution in [2.75, 3.05) is 17.3 Å². The highest BCUT2D eigenvalue weighted by Gasteiger charge is 2.23. The van der Waals surface area contributed by atoms with E-state index in [0.717, 1.165) is 6.54 Å². The number of anilines is 2. The van der Waals surface area contributed by atoms with Gasteiger partial charge in [-0.25, -0.2) is 4.98 Å². The Morgan fingerprint density at radius 3 is 2.71 bits per heavy atom. The normalized spacial score (nSPS) is 13.4. The van der Waals surface area contributed by atoms with Gasteiger partial charge in [-0.15, -0.1) is 0 Å². The number of hydrogen-bond donors (Lipinski definition) is 1. The van der Waals surface area contributed by atoms with E-state index in [-0.39, 0.29) is 11.8 Å². The Morgan fingerprint density at radius 2 is 2.08 bits per heavy atom. The minimum absolute atomic E-state index is 0.200. The van der Waals surface area contributed by atoms with E-state index in [1.165, 1.54) is 23.8 Å². The number of amides is 2. The van der Waals surface area contributed by atoms with Gasteiger partial charge in [0, 0.05) is 37.2 Å². The van der Waals surface area contributed by atoms with E-state index in [9.17, 15) is 9.59 Å². The largest absolute Gasteiger partial charge is 0.317 e. The van der Waals surface area contributed by atoms with Crippen LogP contribution in [0.15, 0.2) is 49.3 Å². The average Bonchev–Trinajstić information content (AvgIpc) is 3.32. The molecule has 1 aromatic carbocycles. The summed E-state index contributed by atoms with van der Waals surface area (Å²) in [5, 5.41) is 2.84. The maximum Gasteiger partial charge on any atom is 0.257 e. The summed E-state index contributed by atoms with van der Waals surface area (Å²) in [6.45, 7) is 4.36. The molecule has 1 saturated carbocycles. The Labute approximate surface area is 140 Å². The van der Waals surface area contributed by atoms with Crippen LogP contribution >= 0.6 is 0 Å². The molecule has 1 aromatic heterocycles. The fourth-order valence-electron chi connectivity index (χ4n) is 2.43. The van der Waals surface area contributed by atoms with Crippen LogP contribution in [-0.4, -0.2) is 28.4 Å². The molecule has 0 unspecified atom stereocenters. The number of carbonyl (C=O) groups excluding carboxylic acids is 2. The first-order chi connectivity index (χ1) is 11.6.